The van der Waals surface area contributed by atoms with E-state index in [-0.39, 0.29) is 5.97 Å². The molecule has 4 aliphatic carbocycles. The zero-order chi connectivity index (χ0) is 18.5. The molecule has 0 aromatic rings. The topological polar surface area (TPSA) is 26.3 Å². The van der Waals surface area contributed by atoms with Crippen LogP contribution in [0.1, 0.15) is 91.4 Å². The lowest BCUT2D eigenvalue weighted by Crippen LogP contribution is -2.53. The molecule has 26 heavy (non-hydrogen) atoms. The Bertz CT molecular complexity index is 542. The Kier molecular flexibility index (Phi) is 4.93. The molecule has 0 saturated heterocycles. The molecule has 4 rings (SSSR count). The van der Waals surface area contributed by atoms with Crippen molar-refractivity contribution in [3.8, 4) is 0 Å². The number of rotatable bonds is 3. The summed E-state index contributed by atoms with van der Waals surface area (Å²) in [4.78, 5) is 11.8. The number of carbonyl (C=O) groups is 1. The largest absolute Gasteiger partial charge is 0.469 e. The zero-order valence-corrected chi connectivity index (χ0v) is 17.6. The molecule has 0 aliphatic heterocycles. The van der Waals surface area contributed by atoms with E-state index in [1.54, 1.807) is 0 Å². The Labute approximate surface area is 160 Å². The lowest BCUT2D eigenvalue weighted by atomic mass is 9.44. The normalized spacial score (nSPS) is 48.8. The third kappa shape index (κ3) is 2.76. The van der Waals surface area contributed by atoms with Crippen molar-refractivity contribution in [1.82, 2.24) is 0 Å². The van der Waals surface area contributed by atoms with Gasteiger partial charge in [0.15, 0.2) is 0 Å². The second kappa shape index (κ2) is 6.82. The minimum Gasteiger partial charge on any atom is -0.469 e. The second-order valence-corrected chi connectivity index (χ2v) is 10.9. The molecule has 2 nitrogen and oxygen atoms in total. The van der Waals surface area contributed by atoms with Crippen LogP contribution >= 0.6 is 0 Å². The van der Waals surface area contributed by atoms with E-state index in [0.717, 1.165) is 23.7 Å². The zero-order valence-electron chi connectivity index (χ0n) is 17.6. The third-order valence-corrected chi connectivity index (χ3v) is 10.1. The highest BCUT2D eigenvalue weighted by Gasteiger charge is 2.60. The maximum Gasteiger partial charge on any atom is 0.305 e. The van der Waals surface area contributed by atoms with Gasteiger partial charge >= 0.3 is 5.97 Å². The van der Waals surface area contributed by atoms with E-state index in [4.69, 9.17) is 4.74 Å². The van der Waals surface area contributed by atoms with Crippen LogP contribution in [-0.4, -0.2) is 13.1 Å². The molecule has 4 fully saturated rings. The van der Waals surface area contributed by atoms with Crippen LogP contribution in [0.15, 0.2) is 0 Å². The van der Waals surface area contributed by atoms with Gasteiger partial charge in [-0.25, -0.2) is 0 Å². The Morgan fingerprint density at radius 3 is 2.50 bits per heavy atom. The van der Waals surface area contributed by atoms with Crippen LogP contribution in [0.25, 0.3) is 0 Å². The predicted molar refractivity (Wildman–Crippen MR) is 106 cm³/mol. The number of methoxy groups -OCH3 is 1. The molecule has 8 atom stereocenters. The molecule has 0 heterocycles. The summed E-state index contributed by atoms with van der Waals surface area (Å²) in [5.41, 5.74) is 1.10. The van der Waals surface area contributed by atoms with Crippen molar-refractivity contribution in [2.75, 3.05) is 7.11 Å². The minimum atomic E-state index is -0.0199. The molecule has 0 spiro atoms. The monoisotopic (exact) mass is 360 g/mol. The lowest BCUT2D eigenvalue weighted by Gasteiger charge is -2.60. The minimum absolute atomic E-state index is 0.0199. The van der Waals surface area contributed by atoms with Gasteiger partial charge in [-0.05, 0) is 97.7 Å². The van der Waals surface area contributed by atoms with E-state index in [9.17, 15) is 4.79 Å². The number of fused-ring (bicyclic) bond motifs is 5. The standard InChI is InChI=1S/C24H40O2/c1-16(15-22(25)26-4)19-10-11-20-18-9-8-17-7-5-6-13-23(17,2)21(18)12-14-24(19,20)3/h16-21H,5-15H2,1-4H3/t16-,17-,18-,19+,20-,21-,23+,24-/m1/s1. The first-order valence-electron chi connectivity index (χ1n) is 11.5. The highest BCUT2D eigenvalue weighted by Crippen LogP contribution is 2.68. The smallest absolute Gasteiger partial charge is 0.305 e. The molecule has 0 radical (unpaired) electrons. The molecule has 148 valence electrons. The van der Waals surface area contributed by atoms with E-state index in [2.05, 4.69) is 20.8 Å². The molecule has 0 amide bonds. The first-order chi connectivity index (χ1) is 12.4. The van der Waals surface area contributed by atoms with Crippen molar-refractivity contribution >= 4 is 5.97 Å². The average Bonchev–Trinajstić information content (AvgIpc) is 2.98. The Morgan fingerprint density at radius 1 is 0.962 bits per heavy atom. The van der Waals surface area contributed by atoms with Gasteiger partial charge in [0.1, 0.15) is 0 Å². The van der Waals surface area contributed by atoms with Gasteiger partial charge in [0, 0.05) is 6.42 Å². The fraction of sp³-hybridized carbons (Fsp3) is 0.958. The van der Waals surface area contributed by atoms with Crippen LogP contribution in [-0.2, 0) is 9.53 Å². The third-order valence-electron chi connectivity index (χ3n) is 10.1. The maximum absolute atomic E-state index is 11.8. The summed E-state index contributed by atoms with van der Waals surface area (Å²) in [5.74, 6) is 5.02. The number of ether oxygens (including phenoxy) is 1. The van der Waals surface area contributed by atoms with Gasteiger partial charge in [0.25, 0.3) is 0 Å². The van der Waals surface area contributed by atoms with Crippen LogP contribution in [0.4, 0.5) is 0 Å². The van der Waals surface area contributed by atoms with Gasteiger partial charge in [-0.15, -0.1) is 0 Å². The van der Waals surface area contributed by atoms with Gasteiger partial charge in [-0.3, -0.25) is 4.79 Å². The highest BCUT2D eigenvalue weighted by molar-refractivity contribution is 5.69. The summed E-state index contributed by atoms with van der Waals surface area (Å²) in [6, 6.07) is 0. The molecule has 0 N–H and O–H groups in total. The molecule has 0 bridgehead atoms. The molecule has 0 unspecified atom stereocenters. The first kappa shape index (κ1) is 18.8. The van der Waals surface area contributed by atoms with Gasteiger partial charge in [-0.2, -0.15) is 0 Å². The number of hydrogen-bond donors (Lipinski definition) is 0. The summed E-state index contributed by atoms with van der Waals surface area (Å²) in [6.07, 6.45) is 15.1. The van der Waals surface area contributed by atoms with Crippen LogP contribution in [0.5, 0.6) is 0 Å². The molecule has 4 aliphatic rings. The van der Waals surface area contributed by atoms with Crippen LogP contribution in [0.3, 0.4) is 0 Å². The van der Waals surface area contributed by atoms with E-state index in [1.165, 1.54) is 71.3 Å². The van der Waals surface area contributed by atoms with Crippen molar-refractivity contribution in [3.63, 3.8) is 0 Å². The summed E-state index contributed by atoms with van der Waals surface area (Å²) in [5, 5.41) is 0. The van der Waals surface area contributed by atoms with Crippen molar-refractivity contribution < 1.29 is 9.53 Å². The van der Waals surface area contributed by atoms with Crippen molar-refractivity contribution in [3.05, 3.63) is 0 Å². The second-order valence-electron chi connectivity index (χ2n) is 10.9. The molecular formula is C24H40O2. The predicted octanol–water partition coefficient (Wildman–Crippen LogP) is 6.23. The number of esters is 1. The quantitative estimate of drug-likeness (QED) is 0.557. The summed E-state index contributed by atoms with van der Waals surface area (Å²) >= 11 is 0. The molecule has 4 saturated carbocycles. The fourth-order valence-corrected chi connectivity index (χ4v) is 8.76. The molecule has 2 heteroatoms. The van der Waals surface area contributed by atoms with E-state index in [1.807, 2.05) is 0 Å². The first-order valence-corrected chi connectivity index (χ1v) is 11.5. The maximum atomic E-state index is 11.8. The van der Waals surface area contributed by atoms with Crippen LogP contribution in [0, 0.1) is 46.3 Å². The van der Waals surface area contributed by atoms with Gasteiger partial charge in [-0.1, -0.05) is 33.6 Å². The van der Waals surface area contributed by atoms with E-state index >= 15 is 0 Å². The Balaban J connectivity index is 1.53. The van der Waals surface area contributed by atoms with Crippen LogP contribution < -0.4 is 0 Å². The summed E-state index contributed by atoms with van der Waals surface area (Å²) in [7, 11) is 1.53. The average molecular weight is 361 g/mol. The fourth-order valence-electron chi connectivity index (χ4n) is 8.76. The lowest BCUT2D eigenvalue weighted by molar-refractivity contribution is -0.143. The van der Waals surface area contributed by atoms with E-state index < -0.39 is 0 Å². The Morgan fingerprint density at radius 2 is 1.73 bits per heavy atom. The highest BCUT2D eigenvalue weighted by atomic mass is 16.5. The number of hydrogen-bond acceptors (Lipinski definition) is 2. The molecular weight excluding hydrogens is 320 g/mol. The van der Waals surface area contributed by atoms with Crippen molar-refractivity contribution in [1.29, 1.82) is 0 Å². The van der Waals surface area contributed by atoms with E-state index in [0.29, 0.717) is 29.1 Å². The Hall–Kier alpha value is -0.530. The summed E-state index contributed by atoms with van der Waals surface area (Å²) < 4.78 is 4.97. The van der Waals surface area contributed by atoms with Crippen molar-refractivity contribution in [2.24, 2.45) is 46.3 Å². The molecule has 0 aromatic heterocycles. The number of carbonyl (C=O) groups excluding carboxylic acids is 1. The SMILES string of the molecule is COC(=O)C[C@@H](C)[C@@H]1CC[C@@H]2[C@H]3CC[C@H]4CCCC[C@]4(C)[C@@H]3CC[C@@]21C. The van der Waals surface area contributed by atoms with Gasteiger partial charge in [0.05, 0.1) is 7.11 Å². The van der Waals surface area contributed by atoms with Gasteiger partial charge in [0.2, 0.25) is 0 Å². The van der Waals surface area contributed by atoms with Crippen LogP contribution in [0.2, 0.25) is 0 Å². The van der Waals surface area contributed by atoms with Gasteiger partial charge < -0.3 is 4.74 Å². The summed E-state index contributed by atoms with van der Waals surface area (Å²) in [6.45, 7) is 7.57. The molecule has 0 aromatic carbocycles. The van der Waals surface area contributed by atoms with Crippen molar-refractivity contribution in [2.45, 2.75) is 91.4 Å².